The molecule has 0 atom stereocenters. The van der Waals surface area contributed by atoms with Crippen LogP contribution in [0.4, 0.5) is 0 Å². The topological polar surface area (TPSA) is 38.3 Å². The van der Waals surface area contributed by atoms with Crippen LogP contribution in [0.3, 0.4) is 0 Å². The van der Waals surface area contributed by atoms with Crippen LogP contribution in [0.5, 0.6) is 5.75 Å². The second kappa shape index (κ2) is 6.41. The molecule has 4 heteroatoms. The van der Waals surface area contributed by atoms with Gasteiger partial charge in [-0.1, -0.05) is 41.9 Å². The molecule has 0 bridgehead atoms. The SMILES string of the molecule is O=C(CCOc1ccccc1)NC1(c2ccc(Cl)cc2)CC1. The highest BCUT2D eigenvalue weighted by molar-refractivity contribution is 6.30. The van der Waals surface area contributed by atoms with Gasteiger partial charge in [0.05, 0.1) is 18.6 Å². The van der Waals surface area contributed by atoms with Crippen molar-refractivity contribution >= 4 is 17.5 Å². The van der Waals surface area contributed by atoms with E-state index in [1.54, 1.807) is 0 Å². The number of nitrogens with one attached hydrogen (secondary N) is 1. The van der Waals surface area contributed by atoms with E-state index in [0.717, 1.165) is 24.2 Å². The summed E-state index contributed by atoms with van der Waals surface area (Å²) in [6.45, 7) is 0.381. The average molecular weight is 316 g/mol. The van der Waals surface area contributed by atoms with Crippen LogP contribution < -0.4 is 10.1 Å². The fourth-order valence-corrected chi connectivity index (χ4v) is 2.61. The molecule has 1 saturated carbocycles. The van der Waals surface area contributed by atoms with Crippen molar-refractivity contribution in [2.45, 2.75) is 24.8 Å². The Bertz CT molecular complexity index is 636. The van der Waals surface area contributed by atoms with Crippen molar-refractivity contribution in [3.8, 4) is 5.75 Å². The number of ether oxygens (including phenoxy) is 1. The summed E-state index contributed by atoms with van der Waals surface area (Å²) in [5.74, 6) is 0.803. The smallest absolute Gasteiger partial charge is 0.224 e. The molecule has 1 aliphatic rings. The molecular weight excluding hydrogens is 298 g/mol. The predicted molar refractivity (Wildman–Crippen MR) is 87.1 cm³/mol. The number of rotatable bonds is 6. The standard InChI is InChI=1S/C18H18ClNO2/c19-15-8-6-14(7-9-15)18(11-12-18)20-17(21)10-13-22-16-4-2-1-3-5-16/h1-9H,10-13H2,(H,20,21). The average Bonchev–Trinajstić information content (AvgIpc) is 3.29. The minimum atomic E-state index is -0.200. The Labute approximate surface area is 135 Å². The van der Waals surface area contributed by atoms with Crippen LogP contribution in [0.15, 0.2) is 54.6 Å². The van der Waals surface area contributed by atoms with Gasteiger partial charge >= 0.3 is 0 Å². The summed E-state index contributed by atoms with van der Waals surface area (Å²) in [6.07, 6.45) is 2.30. The highest BCUT2D eigenvalue weighted by atomic mass is 35.5. The van der Waals surface area contributed by atoms with E-state index in [-0.39, 0.29) is 11.4 Å². The van der Waals surface area contributed by atoms with Crippen molar-refractivity contribution in [2.24, 2.45) is 0 Å². The normalized spacial score (nSPS) is 15.1. The third-order valence-electron chi connectivity index (χ3n) is 3.87. The molecule has 1 N–H and O–H groups in total. The van der Waals surface area contributed by atoms with Gasteiger partial charge in [0.2, 0.25) is 5.91 Å². The van der Waals surface area contributed by atoms with E-state index in [4.69, 9.17) is 16.3 Å². The van der Waals surface area contributed by atoms with Gasteiger partial charge in [-0.25, -0.2) is 0 Å². The first-order chi connectivity index (χ1) is 10.7. The van der Waals surface area contributed by atoms with Gasteiger partial charge in [0.15, 0.2) is 0 Å². The number of benzene rings is 2. The molecule has 2 aromatic carbocycles. The Morgan fingerprint density at radius 3 is 2.41 bits per heavy atom. The third-order valence-corrected chi connectivity index (χ3v) is 4.12. The molecule has 1 aliphatic carbocycles. The lowest BCUT2D eigenvalue weighted by atomic mass is 10.0. The van der Waals surface area contributed by atoms with Gasteiger partial charge in [-0.05, 0) is 42.7 Å². The first-order valence-corrected chi connectivity index (χ1v) is 7.81. The minimum Gasteiger partial charge on any atom is -0.493 e. The number of carbonyl (C=O) groups is 1. The highest BCUT2D eigenvalue weighted by Crippen LogP contribution is 2.45. The zero-order valence-corrected chi connectivity index (χ0v) is 13.0. The van der Waals surface area contributed by atoms with E-state index >= 15 is 0 Å². The van der Waals surface area contributed by atoms with Crippen LogP contribution in [0.1, 0.15) is 24.8 Å². The second-order valence-corrected chi connectivity index (χ2v) is 5.99. The van der Waals surface area contributed by atoms with Crippen LogP contribution in [0.2, 0.25) is 5.02 Å². The van der Waals surface area contributed by atoms with Gasteiger partial charge in [0.1, 0.15) is 5.75 Å². The Morgan fingerprint density at radius 1 is 1.09 bits per heavy atom. The molecule has 1 fully saturated rings. The molecule has 0 radical (unpaired) electrons. The molecule has 0 saturated heterocycles. The highest BCUT2D eigenvalue weighted by Gasteiger charge is 2.45. The van der Waals surface area contributed by atoms with E-state index in [2.05, 4.69) is 5.32 Å². The molecule has 0 unspecified atom stereocenters. The molecule has 3 rings (SSSR count). The van der Waals surface area contributed by atoms with Gasteiger partial charge in [-0.2, -0.15) is 0 Å². The van der Waals surface area contributed by atoms with Crippen molar-refractivity contribution in [2.75, 3.05) is 6.61 Å². The molecule has 0 aliphatic heterocycles. The maximum Gasteiger partial charge on any atom is 0.224 e. The van der Waals surface area contributed by atoms with E-state index in [0.29, 0.717) is 18.1 Å². The first kappa shape index (κ1) is 14.9. The van der Waals surface area contributed by atoms with E-state index in [9.17, 15) is 4.79 Å². The van der Waals surface area contributed by atoms with Crippen LogP contribution in [-0.2, 0) is 10.3 Å². The summed E-state index contributed by atoms with van der Waals surface area (Å²) in [6, 6.07) is 17.2. The zero-order chi connectivity index (χ0) is 15.4. The van der Waals surface area contributed by atoms with Gasteiger partial charge in [0, 0.05) is 5.02 Å². The predicted octanol–water partition coefficient (Wildman–Crippen LogP) is 3.91. The molecule has 22 heavy (non-hydrogen) atoms. The second-order valence-electron chi connectivity index (χ2n) is 5.55. The number of hydrogen-bond donors (Lipinski definition) is 1. The lowest BCUT2D eigenvalue weighted by Crippen LogP contribution is -2.35. The van der Waals surface area contributed by atoms with Crippen LogP contribution in [-0.4, -0.2) is 12.5 Å². The maximum absolute atomic E-state index is 12.1. The molecule has 1 amide bonds. The fraction of sp³-hybridized carbons (Fsp3) is 0.278. The Hall–Kier alpha value is -2.00. The molecule has 2 aromatic rings. The number of halogens is 1. The summed E-state index contributed by atoms with van der Waals surface area (Å²) in [4.78, 5) is 12.1. The third kappa shape index (κ3) is 3.60. The van der Waals surface area contributed by atoms with Crippen LogP contribution >= 0.6 is 11.6 Å². The summed E-state index contributed by atoms with van der Waals surface area (Å²) in [5, 5.41) is 3.84. The van der Waals surface area contributed by atoms with Gasteiger partial charge in [-0.15, -0.1) is 0 Å². The molecular formula is C18H18ClNO2. The van der Waals surface area contributed by atoms with Crippen molar-refractivity contribution in [3.63, 3.8) is 0 Å². The summed E-state index contributed by atoms with van der Waals surface area (Å²) >= 11 is 5.91. The van der Waals surface area contributed by atoms with E-state index in [1.807, 2.05) is 54.6 Å². The lowest BCUT2D eigenvalue weighted by molar-refractivity contribution is -0.122. The maximum atomic E-state index is 12.1. The van der Waals surface area contributed by atoms with Crippen molar-refractivity contribution in [3.05, 3.63) is 65.2 Å². The fourth-order valence-electron chi connectivity index (χ4n) is 2.49. The Kier molecular flexibility index (Phi) is 4.34. The van der Waals surface area contributed by atoms with Gasteiger partial charge < -0.3 is 10.1 Å². The summed E-state index contributed by atoms with van der Waals surface area (Å²) in [7, 11) is 0. The number of carbonyl (C=O) groups excluding carboxylic acids is 1. The molecule has 3 nitrogen and oxygen atoms in total. The molecule has 0 aromatic heterocycles. The Balaban J connectivity index is 1.50. The molecule has 0 heterocycles. The van der Waals surface area contributed by atoms with Crippen LogP contribution in [0, 0.1) is 0 Å². The van der Waals surface area contributed by atoms with Crippen LogP contribution in [0.25, 0.3) is 0 Å². The number of para-hydroxylation sites is 1. The van der Waals surface area contributed by atoms with Crippen molar-refractivity contribution in [1.29, 1.82) is 0 Å². The van der Waals surface area contributed by atoms with E-state index < -0.39 is 0 Å². The summed E-state index contributed by atoms with van der Waals surface area (Å²) in [5.41, 5.74) is 0.920. The number of hydrogen-bond acceptors (Lipinski definition) is 2. The summed E-state index contributed by atoms with van der Waals surface area (Å²) < 4.78 is 5.55. The quantitative estimate of drug-likeness (QED) is 0.877. The van der Waals surface area contributed by atoms with E-state index in [1.165, 1.54) is 0 Å². The Morgan fingerprint density at radius 2 is 1.77 bits per heavy atom. The minimum absolute atomic E-state index is 0.0170. The number of amides is 1. The van der Waals surface area contributed by atoms with Gasteiger partial charge in [-0.3, -0.25) is 4.79 Å². The van der Waals surface area contributed by atoms with Gasteiger partial charge in [0.25, 0.3) is 0 Å². The monoisotopic (exact) mass is 315 g/mol. The zero-order valence-electron chi connectivity index (χ0n) is 12.2. The molecule has 0 spiro atoms. The first-order valence-electron chi connectivity index (χ1n) is 7.43. The lowest BCUT2D eigenvalue weighted by Gasteiger charge is -2.18. The van der Waals surface area contributed by atoms with Crippen molar-refractivity contribution < 1.29 is 9.53 Å². The molecule has 114 valence electrons. The largest absolute Gasteiger partial charge is 0.493 e. The van der Waals surface area contributed by atoms with Crippen molar-refractivity contribution in [1.82, 2.24) is 5.32 Å².